The van der Waals surface area contributed by atoms with Crippen LogP contribution in [0, 0.1) is 0 Å². The summed E-state index contributed by atoms with van der Waals surface area (Å²) in [4.78, 5) is 21.2. The van der Waals surface area contributed by atoms with Crippen LogP contribution in [0.25, 0.3) is 0 Å². The first kappa shape index (κ1) is 22.8. The zero-order valence-corrected chi connectivity index (χ0v) is 18.1. The van der Waals surface area contributed by atoms with E-state index < -0.39 is 15.7 Å². The van der Waals surface area contributed by atoms with Crippen molar-refractivity contribution in [1.29, 1.82) is 0 Å². The van der Waals surface area contributed by atoms with Crippen LogP contribution < -0.4 is 15.8 Å². The van der Waals surface area contributed by atoms with Gasteiger partial charge in [0.25, 0.3) is 5.91 Å². The van der Waals surface area contributed by atoms with E-state index in [0.717, 1.165) is 11.8 Å². The largest absolute Gasteiger partial charge is 0.489 e. The minimum atomic E-state index is -3.30. The summed E-state index contributed by atoms with van der Waals surface area (Å²) in [6, 6.07) is 16.5. The van der Waals surface area contributed by atoms with Gasteiger partial charge >= 0.3 is 0 Å². The number of carbonyl (C=O) groups is 1. The average Bonchev–Trinajstić information content (AvgIpc) is 2.78. The van der Waals surface area contributed by atoms with Gasteiger partial charge < -0.3 is 20.6 Å². The molecule has 166 valence electrons. The van der Waals surface area contributed by atoms with E-state index in [1.807, 2.05) is 12.1 Å². The number of amidine groups is 1. The normalized spacial score (nSPS) is 11.6. The highest BCUT2D eigenvalue weighted by Gasteiger charge is 2.08. The summed E-state index contributed by atoms with van der Waals surface area (Å²) in [5, 5.41) is 6.33. The van der Waals surface area contributed by atoms with Crippen molar-refractivity contribution in [2.24, 2.45) is 10.9 Å². The molecule has 0 spiro atoms. The van der Waals surface area contributed by atoms with Gasteiger partial charge in [0.05, 0.1) is 4.90 Å². The van der Waals surface area contributed by atoms with Gasteiger partial charge in [0, 0.05) is 35.5 Å². The molecule has 9 nitrogen and oxygen atoms in total. The minimum absolute atomic E-state index is 0.106. The lowest BCUT2D eigenvalue weighted by Crippen LogP contribution is -2.19. The van der Waals surface area contributed by atoms with E-state index in [0.29, 0.717) is 23.6 Å². The number of rotatable bonds is 9. The van der Waals surface area contributed by atoms with E-state index in [2.05, 4.69) is 15.5 Å². The Labute approximate surface area is 185 Å². The first-order valence-electron chi connectivity index (χ1n) is 9.49. The third kappa shape index (κ3) is 6.81. The minimum Gasteiger partial charge on any atom is -0.489 e. The number of nitrogens with two attached hydrogens (primary N) is 1. The maximum absolute atomic E-state index is 12.0. The molecular formula is C22H22N4O5S. The molecule has 0 fully saturated rings. The number of hydrogen-bond acceptors (Lipinski definition) is 7. The second-order valence-corrected chi connectivity index (χ2v) is 8.78. The number of nitrogens with one attached hydrogen (secondary N) is 1. The Bertz CT molecular complexity index is 1180. The second kappa shape index (κ2) is 10.4. The molecule has 0 aliphatic heterocycles. The topological polar surface area (TPSA) is 133 Å². The quantitative estimate of drug-likeness (QED) is 0.288. The van der Waals surface area contributed by atoms with Gasteiger partial charge in [-0.15, -0.1) is 0 Å². The molecule has 1 amide bonds. The van der Waals surface area contributed by atoms with Crippen molar-refractivity contribution in [2.45, 2.75) is 11.5 Å². The number of benzene rings is 2. The SMILES string of the molecule is CS(=O)(=O)c1ccc(NC(=O)CO/N=C(/N)c2ccc(OCc3cccnc3)cc2)cc1. The Hall–Kier alpha value is -3.92. The standard InChI is InChI=1S/C22H22N4O5S/c1-32(28,29)20-10-6-18(7-11-20)25-21(27)15-31-26-22(23)17-4-8-19(9-5-17)30-14-16-3-2-12-24-13-16/h2-13H,14-15H2,1H3,(H2,23,26)(H,25,27). The van der Waals surface area contributed by atoms with Crippen molar-refractivity contribution >= 4 is 27.3 Å². The summed E-state index contributed by atoms with van der Waals surface area (Å²) in [5.74, 6) is 0.300. The fourth-order valence-corrected chi connectivity index (χ4v) is 3.20. The molecule has 0 bridgehead atoms. The Balaban J connectivity index is 1.47. The van der Waals surface area contributed by atoms with E-state index in [1.165, 1.54) is 24.3 Å². The fourth-order valence-electron chi connectivity index (χ4n) is 2.57. The lowest BCUT2D eigenvalue weighted by molar-refractivity contribution is -0.120. The molecule has 2 aromatic carbocycles. The zero-order chi connectivity index (χ0) is 23.0. The summed E-state index contributed by atoms with van der Waals surface area (Å²) in [6.45, 7) is 0.0345. The summed E-state index contributed by atoms with van der Waals surface area (Å²) in [5.41, 5.74) is 7.89. The number of anilines is 1. The molecule has 0 saturated carbocycles. The number of oxime groups is 1. The number of pyridine rings is 1. The van der Waals surface area contributed by atoms with E-state index in [4.69, 9.17) is 15.3 Å². The van der Waals surface area contributed by atoms with E-state index in [1.54, 1.807) is 36.7 Å². The van der Waals surface area contributed by atoms with Gasteiger partial charge in [0.1, 0.15) is 12.4 Å². The van der Waals surface area contributed by atoms with Crippen LogP contribution in [0.3, 0.4) is 0 Å². The van der Waals surface area contributed by atoms with Gasteiger partial charge in [0.15, 0.2) is 22.3 Å². The van der Waals surface area contributed by atoms with Crippen LogP contribution in [-0.4, -0.2) is 38.0 Å². The Morgan fingerprint density at radius 1 is 1.09 bits per heavy atom. The number of hydrogen-bond donors (Lipinski definition) is 2. The Kier molecular flexibility index (Phi) is 7.40. The number of sulfone groups is 1. The first-order chi connectivity index (χ1) is 15.3. The zero-order valence-electron chi connectivity index (χ0n) is 17.3. The van der Waals surface area contributed by atoms with E-state index in [9.17, 15) is 13.2 Å². The molecule has 3 aromatic rings. The Morgan fingerprint density at radius 2 is 1.81 bits per heavy atom. The summed E-state index contributed by atoms with van der Waals surface area (Å²) >= 11 is 0. The van der Waals surface area contributed by atoms with Crippen molar-refractivity contribution < 1.29 is 22.8 Å². The first-order valence-corrected chi connectivity index (χ1v) is 11.4. The maximum atomic E-state index is 12.0. The summed E-state index contributed by atoms with van der Waals surface area (Å²) in [6.07, 6.45) is 4.54. The average molecular weight is 455 g/mol. The van der Waals surface area contributed by atoms with Crippen molar-refractivity contribution in [3.63, 3.8) is 0 Å². The molecule has 3 N–H and O–H groups in total. The molecule has 0 radical (unpaired) electrons. The van der Waals surface area contributed by atoms with Crippen LogP contribution in [0.2, 0.25) is 0 Å². The molecule has 3 rings (SSSR count). The van der Waals surface area contributed by atoms with Crippen molar-refractivity contribution in [3.8, 4) is 5.75 Å². The van der Waals surface area contributed by atoms with Gasteiger partial charge in [-0.25, -0.2) is 8.42 Å². The van der Waals surface area contributed by atoms with Crippen LogP contribution in [-0.2, 0) is 26.1 Å². The summed E-state index contributed by atoms with van der Waals surface area (Å²) in [7, 11) is -3.30. The molecule has 10 heteroatoms. The van der Waals surface area contributed by atoms with Gasteiger partial charge in [0.2, 0.25) is 0 Å². The number of amides is 1. The Morgan fingerprint density at radius 3 is 2.44 bits per heavy atom. The molecule has 1 aromatic heterocycles. The van der Waals surface area contributed by atoms with Crippen LogP contribution in [0.1, 0.15) is 11.1 Å². The molecular weight excluding hydrogens is 432 g/mol. The van der Waals surface area contributed by atoms with Crippen LogP contribution >= 0.6 is 0 Å². The molecule has 0 unspecified atom stereocenters. The number of aromatic nitrogens is 1. The van der Waals surface area contributed by atoms with E-state index in [-0.39, 0.29) is 17.3 Å². The number of carbonyl (C=O) groups excluding carboxylic acids is 1. The monoisotopic (exact) mass is 454 g/mol. The molecule has 0 aliphatic rings. The molecule has 0 saturated heterocycles. The number of nitrogens with zero attached hydrogens (tertiary/aromatic N) is 2. The molecule has 1 heterocycles. The van der Waals surface area contributed by atoms with Crippen molar-refractivity contribution in [1.82, 2.24) is 4.98 Å². The highest BCUT2D eigenvalue weighted by molar-refractivity contribution is 7.90. The van der Waals surface area contributed by atoms with Gasteiger partial charge in [-0.05, 0) is 54.6 Å². The summed E-state index contributed by atoms with van der Waals surface area (Å²) < 4.78 is 28.6. The van der Waals surface area contributed by atoms with Gasteiger partial charge in [-0.1, -0.05) is 11.2 Å². The van der Waals surface area contributed by atoms with Crippen molar-refractivity contribution in [2.75, 3.05) is 18.2 Å². The molecule has 32 heavy (non-hydrogen) atoms. The highest BCUT2D eigenvalue weighted by atomic mass is 32.2. The number of ether oxygens (including phenoxy) is 1. The van der Waals surface area contributed by atoms with Crippen LogP contribution in [0.15, 0.2) is 83.1 Å². The fraction of sp³-hybridized carbons (Fsp3) is 0.136. The van der Waals surface area contributed by atoms with Crippen LogP contribution in [0.4, 0.5) is 5.69 Å². The smallest absolute Gasteiger partial charge is 0.265 e. The highest BCUT2D eigenvalue weighted by Crippen LogP contribution is 2.15. The maximum Gasteiger partial charge on any atom is 0.265 e. The van der Waals surface area contributed by atoms with Gasteiger partial charge in [-0.3, -0.25) is 9.78 Å². The lowest BCUT2D eigenvalue weighted by Gasteiger charge is -2.07. The molecule has 0 atom stereocenters. The molecule has 0 aliphatic carbocycles. The third-order valence-electron chi connectivity index (χ3n) is 4.20. The third-order valence-corrected chi connectivity index (χ3v) is 5.33. The second-order valence-electron chi connectivity index (χ2n) is 6.77. The van der Waals surface area contributed by atoms with Gasteiger partial charge in [-0.2, -0.15) is 0 Å². The van der Waals surface area contributed by atoms with Crippen LogP contribution in [0.5, 0.6) is 5.75 Å². The van der Waals surface area contributed by atoms with E-state index >= 15 is 0 Å². The predicted molar refractivity (Wildman–Crippen MR) is 120 cm³/mol. The predicted octanol–water partition coefficient (Wildman–Crippen LogP) is 2.34. The lowest BCUT2D eigenvalue weighted by atomic mass is 10.2. The van der Waals surface area contributed by atoms with Crippen molar-refractivity contribution in [3.05, 3.63) is 84.2 Å².